The second-order valence-electron chi connectivity index (χ2n) is 2.53. The molecule has 0 unspecified atom stereocenters. The van der Waals surface area contributed by atoms with E-state index < -0.39 is 14.2 Å². The van der Waals surface area contributed by atoms with Gasteiger partial charge in [0.25, 0.3) is 0 Å². The van der Waals surface area contributed by atoms with Crippen molar-refractivity contribution in [1.82, 2.24) is 0 Å². The largest absolute Gasteiger partial charge is 0.477 e. The molecule has 0 bridgehead atoms. The average molecular weight is 176 g/mol. The van der Waals surface area contributed by atoms with E-state index in [2.05, 4.69) is 6.58 Å². The number of rotatable bonds is 4. The van der Waals surface area contributed by atoms with Gasteiger partial charge in [0, 0.05) is 0 Å². The molecule has 1 aromatic carbocycles. The molecule has 0 fully saturated rings. The Labute approximate surface area is 78.0 Å². The smallest absolute Gasteiger partial charge is 0.444 e. The van der Waals surface area contributed by atoms with E-state index in [-0.39, 0.29) is 0 Å². The van der Waals surface area contributed by atoms with Crippen molar-refractivity contribution < 1.29 is 14.6 Å². The van der Waals surface area contributed by atoms with E-state index in [9.17, 15) is 5.02 Å². The molecule has 0 radical (unpaired) electrons. The van der Waals surface area contributed by atoms with Gasteiger partial charge in [0.05, 0.1) is 0 Å². The Kier molecular flexibility index (Phi) is 3.76. The van der Waals surface area contributed by atoms with Crippen LogP contribution in [0.3, 0.4) is 0 Å². The van der Waals surface area contributed by atoms with Gasteiger partial charge in [-0.3, -0.25) is 0 Å². The summed E-state index contributed by atoms with van der Waals surface area (Å²) >= 11 is 0. The lowest BCUT2D eigenvalue weighted by Crippen LogP contribution is -2.38. The first kappa shape index (κ1) is 10.1. The van der Waals surface area contributed by atoms with Gasteiger partial charge in [-0.25, -0.2) is 0 Å². The summed E-state index contributed by atoms with van der Waals surface area (Å²) < 4.78 is 4.78. The van der Waals surface area contributed by atoms with Crippen LogP contribution in [0.5, 0.6) is 0 Å². The Balaban J connectivity index is 2.58. The molecule has 0 amide bonds. The summed E-state index contributed by atoms with van der Waals surface area (Å²) in [6.45, 7) is 3.32. The Bertz CT molecular complexity index is 265. The third-order valence-corrected chi connectivity index (χ3v) is 1.55. The van der Waals surface area contributed by atoms with Crippen LogP contribution in [-0.4, -0.2) is 24.3 Å². The highest BCUT2D eigenvalue weighted by atomic mass is 16.5. The molecule has 3 nitrogen and oxygen atoms in total. The standard InChI is InChI=1S/C8H10B2O3/c1-2-9(11)13-10(12)8-6-4-3-5-7-8/h2-7,11-12H,1H2. The Morgan fingerprint density at radius 3 is 2.38 bits per heavy atom. The lowest BCUT2D eigenvalue weighted by molar-refractivity contribution is 0.378. The number of hydrogen-bond donors (Lipinski definition) is 2. The van der Waals surface area contributed by atoms with Crippen molar-refractivity contribution in [2.45, 2.75) is 0 Å². The van der Waals surface area contributed by atoms with Crippen LogP contribution in [0.1, 0.15) is 0 Å². The van der Waals surface area contributed by atoms with E-state index in [0.29, 0.717) is 5.46 Å². The minimum atomic E-state index is -1.14. The highest BCUT2D eigenvalue weighted by Crippen LogP contribution is 1.90. The predicted octanol–water partition coefficient (Wildman–Crippen LogP) is -0.404. The summed E-state index contributed by atoms with van der Waals surface area (Å²) in [5, 5.41) is 18.4. The zero-order valence-corrected chi connectivity index (χ0v) is 7.13. The molecular weight excluding hydrogens is 166 g/mol. The Morgan fingerprint density at radius 1 is 1.23 bits per heavy atom. The molecule has 0 aromatic heterocycles. The predicted molar refractivity (Wildman–Crippen MR) is 53.3 cm³/mol. The average Bonchev–Trinajstić information content (AvgIpc) is 2.19. The second kappa shape index (κ2) is 4.87. The molecular formula is C8H10B2O3. The van der Waals surface area contributed by atoms with Crippen LogP contribution >= 0.6 is 0 Å². The van der Waals surface area contributed by atoms with Gasteiger partial charge in [-0.1, -0.05) is 36.3 Å². The first-order valence-electron chi connectivity index (χ1n) is 3.93. The molecule has 0 aliphatic rings. The van der Waals surface area contributed by atoms with E-state index >= 15 is 0 Å². The quantitative estimate of drug-likeness (QED) is 0.613. The molecule has 1 aromatic rings. The van der Waals surface area contributed by atoms with Gasteiger partial charge >= 0.3 is 14.2 Å². The van der Waals surface area contributed by atoms with Crippen molar-refractivity contribution in [2.75, 3.05) is 0 Å². The van der Waals surface area contributed by atoms with Crippen LogP contribution in [0.2, 0.25) is 0 Å². The molecule has 2 N–H and O–H groups in total. The van der Waals surface area contributed by atoms with Crippen molar-refractivity contribution in [3.63, 3.8) is 0 Å². The molecule has 13 heavy (non-hydrogen) atoms. The van der Waals surface area contributed by atoms with Crippen molar-refractivity contribution in [3.05, 3.63) is 42.9 Å². The van der Waals surface area contributed by atoms with Crippen LogP contribution in [0, 0.1) is 0 Å². The zero-order valence-electron chi connectivity index (χ0n) is 7.13. The Hall–Kier alpha value is -1.03. The summed E-state index contributed by atoms with van der Waals surface area (Å²) in [5.41, 5.74) is 0.600. The first-order chi connectivity index (χ1) is 6.24. The number of benzene rings is 1. The van der Waals surface area contributed by atoms with Crippen molar-refractivity contribution >= 4 is 19.7 Å². The van der Waals surface area contributed by atoms with E-state index in [1.807, 2.05) is 6.07 Å². The fourth-order valence-corrected chi connectivity index (χ4v) is 0.884. The maximum atomic E-state index is 9.39. The molecule has 0 heterocycles. The first-order valence-corrected chi connectivity index (χ1v) is 3.93. The monoisotopic (exact) mass is 176 g/mol. The van der Waals surface area contributed by atoms with Gasteiger partial charge in [-0.15, -0.1) is 6.58 Å². The van der Waals surface area contributed by atoms with Crippen LogP contribution in [0.15, 0.2) is 42.9 Å². The summed E-state index contributed by atoms with van der Waals surface area (Å²) in [6, 6.07) is 8.81. The maximum absolute atomic E-state index is 9.39. The molecule has 0 aliphatic carbocycles. The van der Waals surface area contributed by atoms with Crippen LogP contribution < -0.4 is 5.46 Å². The molecule has 66 valence electrons. The topological polar surface area (TPSA) is 49.7 Å². The van der Waals surface area contributed by atoms with E-state index in [1.54, 1.807) is 24.3 Å². The fourth-order valence-electron chi connectivity index (χ4n) is 0.884. The third kappa shape index (κ3) is 3.06. The molecule has 0 saturated heterocycles. The van der Waals surface area contributed by atoms with E-state index in [0.717, 1.165) is 0 Å². The third-order valence-electron chi connectivity index (χ3n) is 1.55. The van der Waals surface area contributed by atoms with Crippen LogP contribution in [0.4, 0.5) is 0 Å². The second-order valence-corrected chi connectivity index (χ2v) is 2.53. The highest BCUT2D eigenvalue weighted by Gasteiger charge is 2.21. The number of hydrogen-bond acceptors (Lipinski definition) is 3. The van der Waals surface area contributed by atoms with Crippen LogP contribution in [-0.2, 0) is 4.57 Å². The Morgan fingerprint density at radius 2 is 1.85 bits per heavy atom. The zero-order chi connectivity index (χ0) is 9.68. The van der Waals surface area contributed by atoms with E-state index in [1.165, 1.54) is 5.98 Å². The summed E-state index contributed by atoms with van der Waals surface area (Å²) in [5.74, 6) is 1.20. The summed E-state index contributed by atoms with van der Waals surface area (Å²) in [7, 11) is -2.26. The molecule has 0 saturated carbocycles. The fraction of sp³-hybridized carbons (Fsp3) is 0. The molecule has 0 atom stereocenters. The minimum absolute atomic E-state index is 0.600. The van der Waals surface area contributed by atoms with E-state index in [4.69, 9.17) is 9.60 Å². The van der Waals surface area contributed by atoms with Gasteiger partial charge in [0.2, 0.25) is 0 Å². The SMILES string of the molecule is C=CB(O)OB(O)c1ccccc1. The van der Waals surface area contributed by atoms with Gasteiger partial charge in [-0.2, -0.15) is 0 Å². The van der Waals surface area contributed by atoms with Crippen molar-refractivity contribution in [2.24, 2.45) is 0 Å². The van der Waals surface area contributed by atoms with Crippen molar-refractivity contribution in [1.29, 1.82) is 0 Å². The molecule has 1 rings (SSSR count). The van der Waals surface area contributed by atoms with Gasteiger partial charge in [-0.05, 0) is 5.46 Å². The van der Waals surface area contributed by atoms with Crippen LogP contribution in [0.25, 0.3) is 0 Å². The molecule has 0 aliphatic heterocycles. The van der Waals surface area contributed by atoms with Gasteiger partial charge in [0.15, 0.2) is 0 Å². The molecule has 5 heteroatoms. The minimum Gasteiger partial charge on any atom is -0.444 e. The van der Waals surface area contributed by atoms with Gasteiger partial charge in [0.1, 0.15) is 0 Å². The lowest BCUT2D eigenvalue weighted by atomic mass is 9.75. The lowest BCUT2D eigenvalue weighted by Gasteiger charge is -2.08. The maximum Gasteiger partial charge on any atom is 0.477 e. The normalized spacial score (nSPS) is 9.38. The highest BCUT2D eigenvalue weighted by molar-refractivity contribution is 6.69. The molecule has 0 spiro atoms. The van der Waals surface area contributed by atoms with Crippen molar-refractivity contribution in [3.8, 4) is 0 Å². The summed E-state index contributed by atoms with van der Waals surface area (Å²) in [6.07, 6.45) is 0. The summed E-state index contributed by atoms with van der Waals surface area (Å²) in [4.78, 5) is 0. The van der Waals surface area contributed by atoms with Gasteiger partial charge < -0.3 is 14.6 Å².